The van der Waals surface area contributed by atoms with E-state index in [1.165, 1.54) is 66.8 Å². The van der Waals surface area contributed by atoms with Crippen molar-refractivity contribution in [2.24, 2.45) is 0 Å². The van der Waals surface area contributed by atoms with Gasteiger partial charge in [-0.2, -0.15) is 0 Å². The first-order valence-corrected chi connectivity index (χ1v) is 17.0. The smallest absolute Gasteiger partial charge is 0.512 e. The van der Waals surface area contributed by atoms with E-state index in [0.717, 1.165) is 16.7 Å². The summed E-state index contributed by atoms with van der Waals surface area (Å²) in [6.07, 6.45) is 0. The summed E-state index contributed by atoms with van der Waals surface area (Å²) >= 11 is 0. The zero-order chi connectivity index (χ0) is 37.4. The van der Waals surface area contributed by atoms with Crippen molar-refractivity contribution in [3.8, 4) is 5.75 Å². The van der Waals surface area contributed by atoms with E-state index in [4.69, 9.17) is 14.7 Å². The Bertz CT molecular complexity index is 1350. The topological polar surface area (TPSA) is 49.7 Å². The summed E-state index contributed by atoms with van der Waals surface area (Å²) in [5.74, 6) is 0.542. The molecule has 0 saturated carbocycles. The van der Waals surface area contributed by atoms with Crippen LogP contribution in [0.2, 0.25) is 0 Å². The van der Waals surface area contributed by atoms with Gasteiger partial charge in [-0.25, -0.2) is 0 Å². The second-order valence-electron chi connectivity index (χ2n) is 13.8. The molecule has 0 aliphatic rings. The summed E-state index contributed by atoms with van der Waals surface area (Å²) < 4.78 is 4.84. The molecular formula is C45H61BO3. The number of hydrogen-bond acceptors (Lipinski definition) is 3. The van der Waals surface area contributed by atoms with Crippen molar-refractivity contribution in [3.63, 3.8) is 0 Å². The molecule has 4 heteroatoms. The molecule has 0 atom stereocenters. The van der Waals surface area contributed by atoms with Crippen molar-refractivity contribution in [1.29, 1.82) is 0 Å². The molecule has 0 heterocycles. The molecule has 5 aromatic rings. The molecule has 49 heavy (non-hydrogen) atoms. The molecule has 0 aliphatic heterocycles. The molecule has 5 rings (SSSR count). The highest BCUT2D eigenvalue weighted by Gasteiger charge is 2.14. The lowest BCUT2D eigenvalue weighted by Gasteiger charge is -2.12. The van der Waals surface area contributed by atoms with Crippen LogP contribution in [0.1, 0.15) is 83.5 Å². The van der Waals surface area contributed by atoms with E-state index in [9.17, 15) is 0 Å². The normalized spacial score (nSPS) is 9.73. The minimum absolute atomic E-state index is 0.542. The van der Waals surface area contributed by atoms with Gasteiger partial charge in [-0.3, -0.25) is 0 Å². The molecule has 0 bridgehead atoms. The first-order chi connectivity index (χ1) is 22.7. The Hall–Kier alpha value is -4.12. The predicted molar refractivity (Wildman–Crippen MR) is 214 cm³/mol. The second-order valence-corrected chi connectivity index (χ2v) is 13.8. The van der Waals surface area contributed by atoms with E-state index >= 15 is 0 Å². The Labute approximate surface area is 299 Å². The second kappa shape index (κ2) is 21.1. The minimum atomic E-state index is -1.75. The Balaban J connectivity index is 0.000000309. The van der Waals surface area contributed by atoms with Crippen LogP contribution in [0.25, 0.3) is 0 Å². The van der Waals surface area contributed by atoms with Crippen LogP contribution < -0.4 is 4.65 Å². The summed E-state index contributed by atoms with van der Waals surface area (Å²) in [4.78, 5) is 0. The third kappa shape index (κ3) is 18.9. The maximum atomic E-state index is 8.66. The summed E-state index contributed by atoms with van der Waals surface area (Å²) in [6, 6.07) is 30.1. The van der Waals surface area contributed by atoms with Gasteiger partial charge < -0.3 is 14.7 Å². The molecule has 0 amide bonds. The van der Waals surface area contributed by atoms with E-state index in [1.54, 1.807) is 0 Å². The van der Waals surface area contributed by atoms with Gasteiger partial charge in [-0.15, -0.1) is 0 Å². The van der Waals surface area contributed by atoms with Gasteiger partial charge in [0.25, 0.3) is 0 Å². The van der Waals surface area contributed by atoms with Gasteiger partial charge in [0.15, 0.2) is 0 Å². The van der Waals surface area contributed by atoms with Gasteiger partial charge in [-0.1, -0.05) is 157 Å². The highest BCUT2D eigenvalue weighted by atomic mass is 16.6. The molecule has 262 valence electrons. The van der Waals surface area contributed by atoms with Crippen LogP contribution in [-0.4, -0.2) is 17.4 Å². The van der Waals surface area contributed by atoms with Gasteiger partial charge >= 0.3 is 7.32 Å². The molecule has 0 unspecified atom stereocenters. The molecule has 0 aromatic heterocycles. The third-order valence-corrected chi connectivity index (χ3v) is 7.29. The molecule has 2 N–H and O–H groups in total. The largest absolute Gasteiger partial charge is 0.707 e. The minimum Gasteiger partial charge on any atom is -0.512 e. The van der Waals surface area contributed by atoms with E-state index < -0.39 is 7.32 Å². The average Bonchev–Trinajstić information content (AvgIpc) is 2.89. The van der Waals surface area contributed by atoms with E-state index in [1.807, 2.05) is 32.9 Å². The first-order valence-electron chi connectivity index (χ1n) is 17.0. The number of rotatable bonds is 2. The van der Waals surface area contributed by atoms with Gasteiger partial charge in [0, 0.05) is 0 Å². The lowest BCUT2D eigenvalue weighted by molar-refractivity contribution is 0.286. The van der Waals surface area contributed by atoms with Crippen molar-refractivity contribution >= 4 is 7.32 Å². The first kappa shape index (κ1) is 42.9. The summed E-state index contributed by atoms with van der Waals surface area (Å²) in [5, 5.41) is 17.3. The number of aryl methyl sites for hydroxylation is 15. The van der Waals surface area contributed by atoms with Crippen LogP contribution in [0.15, 0.2) is 84.9 Å². The van der Waals surface area contributed by atoms with Crippen LogP contribution in [0.4, 0.5) is 0 Å². The standard InChI is InChI=1S/C9H13BO3.4C9H12/c1-6-4-7(2)9(8(3)5-6)13-10(11)12;4*1-7-4-8(2)6-9(3)5-7/h4-5,11-12H,1-3H3;4*4-6H,1-3H3. The highest BCUT2D eigenvalue weighted by molar-refractivity contribution is 6.33. The summed E-state index contributed by atoms with van der Waals surface area (Å²) in [6.45, 7) is 31.2. The van der Waals surface area contributed by atoms with Crippen LogP contribution in [0.3, 0.4) is 0 Å². The molecule has 0 saturated heterocycles. The Morgan fingerprint density at radius 2 is 0.429 bits per heavy atom. The van der Waals surface area contributed by atoms with Gasteiger partial charge in [0.05, 0.1) is 0 Å². The van der Waals surface area contributed by atoms with Crippen molar-refractivity contribution in [1.82, 2.24) is 0 Å². The molecule has 0 spiro atoms. The number of hydrogen-bond donors (Lipinski definition) is 2. The zero-order valence-electron chi connectivity index (χ0n) is 33.0. The highest BCUT2D eigenvalue weighted by Crippen LogP contribution is 2.24. The average molecular weight is 661 g/mol. The molecular weight excluding hydrogens is 599 g/mol. The quantitative estimate of drug-likeness (QED) is 0.185. The van der Waals surface area contributed by atoms with E-state index in [-0.39, 0.29) is 0 Å². The summed E-state index contributed by atoms with van der Waals surface area (Å²) in [5.41, 5.74) is 19.2. The van der Waals surface area contributed by atoms with Crippen LogP contribution in [0.5, 0.6) is 5.75 Å². The molecule has 0 aliphatic carbocycles. The SMILES string of the molecule is Cc1cc(C)c(OB(O)O)c(C)c1.Cc1cc(C)cc(C)c1.Cc1cc(C)cc(C)c1.Cc1cc(C)cc(C)c1.Cc1cc(C)cc(C)c1. The van der Waals surface area contributed by atoms with Gasteiger partial charge in [-0.05, 0) is 115 Å². The predicted octanol–water partition coefficient (Wildman–Crippen LogP) is 11.4. The fraction of sp³-hybridized carbons (Fsp3) is 0.333. The van der Waals surface area contributed by atoms with Crippen LogP contribution in [0, 0.1) is 104 Å². The maximum Gasteiger partial charge on any atom is 0.707 e. The molecule has 0 radical (unpaired) electrons. The zero-order valence-corrected chi connectivity index (χ0v) is 33.0. The van der Waals surface area contributed by atoms with Crippen LogP contribution in [-0.2, 0) is 0 Å². The third-order valence-electron chi connectivity index (χ3n) is 7.29. The van der Waals surface area contributed by atoms with Gasteiger partial charge in [0.1, 0.15) is 5.75 Å². The van der Waals surface area contributed by atoms with Crippen molar-refractivity contribution in [3.05, 3.63) is 168 Å². The maximum absolute atomic E-state index is 8.66. The van der Waals surface area contributed by atoms with Crippen molar-refractivity contribution in [2.45, 2.75) is 104 Å². The molecule has 0 fully saturated rings. The van der Waals surface area contributed by atoms with E-state index in [2.05, 4.69) is 156 Å². The fourth-order valence-electron chi connectivity index (χ4n) is 6.27. The van der Waals surface area contributed by atoms with Gasteiger partial charge in [0.2, 0.25) is 0 Å². The Morgan fingerprint density at radius 1 is 0.286 bits per heavy atom. The van der Waals surface area contributed by atoms with E-state index in [0.29, 0.717) is 5.75 Å². The Morgan fingerprint density at radius 3 is 0.571 bits per heavy atom. The lowest BCUT2D eigenvalue weighted by atomic mass is 10.1. The fourth-order valence-corrected chi connectivity index (χ4v) is 6.27. The van der Waals surface area contributed by atoms with Crippen LogP contribution >= 0.6 is 0 Å². The number of benzene rings is 5. The Kier molecular flexibility index (Phi) is 18.5. The molecule has 3 nitrogen and oxygen atoms in total. The summed E-state index contributed by atoms with van der Waals surface area (Å²) in [7, 11) is -1.75. The van der Waals surface area contributed by atoms with Crippen molar-refractivity contribution < 1.29 is 14.7 Å². The molecule has 5 aromatic carbocycles. The van der Waals surface area contributed by atoms with Crippen molar-refractivity contribution in [2.75, 3.05) is 0 Å². The lowest BCUT2D eigenvalue weighted by Crippen LogP contribution is -2.21. The monoisotopic (exact) mass is 660 g/mol.